The van der Waals surface area contributed by atoms with E-state index in [1.807, 2.05) is 0 Å². The Hall–Kier alpha value is -3.78. The smallest absolute Gasteiger partial charge is 0.142 e. The van der Waals surface area contributed by atoms with Crippen molar-refractivity contribution in [3.05, 3.63) is 101 Å². The van der Waals surface area contributed by atoms with Gasteiger partial charge in [0.1, 0.15) is 29.0 Å². The first-order valence-electron chi connectivity index (χ1n) is 8.99. The third kappa shape index (κ3) is 3.85. The first-order chi connectivity index (χ1) is 14.4. The molecule has 0 amide bonds. The quantitative estimate of drug-likeness (QED) is 0.274. The van der Waals surface area contributed by atoms with E-state index in [1.165, 1.54) is 31.4 Å². The number of benzene rings is 4. The summed E-state index contributed by atoms with van der Waals surface area (Å²) in [6.07, 6.45) is 0. The summed E-state index contributed by atoms with van der Waals surface area (Å²) in [4.78, 5) is 0. The molecule has 30 heavy (non-hydrogen) atoms. The Bertz CT molecular complexity index is 1310. The molecule has 4 aromatic rings. The van der Waals surface area contributed by atoms with Crippen molar-refractivity contribution in [1.29, 1.82) is 0 Å². The van der Waals surface area contributed by atoms with Crippen LogP contribution in [0.4, 0.5) is 17.6 Å². The normalized spacial score (nSPS) is 10.6. The topological polar surface area (TPSA) is 9.23 Å². The van der Waals surface area contributed by atoms with Crippen LogP contribution in [0.3, 0.4) is 0 Å². The summed E-state index contributed by atoms with van der Waals surface area (Å²) in [6.45, 7) is 0. The van der Waals surface area contributed by atoms with Gasteiger partial charge in [-0.3, -0.25) is 0 Å². The van der Waals surface area contributed by atoms with Gasteiger partial charge in [-0.15, -0.1) is 0 Å². The van der Waals surface area contributed by atoms with E-state index in [4.69, 9.17) is 4.74 Å². The lowest BCUT2D eigenvalue weighted by Crippen LogP contribution is -1.94. The zero-order valence-corrected chi connectivity index (χ0v) is 15.8. The van der Waals surface area contributed by atoms with E-state index < -0.39 is 23.0 Å². The minimum Gasteiger partial charge on any atom is -0.497 e. The van der Waals surface area contributed by atoms with Gasteiger partial charge in [0, 0.05) is 17.2 Å². The van der Waals surface area contributed by atoms with Gasteiger partial charge in [-0.25, -0.2) is 17.6 Å². The molecule has 0 atom stereocenters. The Kier molecular flexibility index (Phi) is 5.16. The molecule has 4 rings (SSSR count). The van der Waals surface area contributed by atoms with Crippen molar-refractivity contribution in [3.63, 3.8) is 0 Å². The molecule has 0 bridgehead atoms. The lowest BCUT2D eigenvalue weighted by molar-refractivity contribution is 0.411. The van der Waals surface area contributed by atoms with Crippen molar-refractivity contribution in [1.82, 2.24) is 0 Å². The maximum Gasteiger partial charge on any atom is 0.142 e. The van der Waals surface area contributed by atoms with Gasteiger partial charge in [0.25, 0.3) is 0 Å². The number of fused-ring (bicyclic) bond motifs is 1. The molecule has 4 aromatic carbocycles. The highest BCUT2D eigenvalue weighted by atomic mass is 19.1. The fourth-order valence-electron chi connectivity index (χ4n) is 3.13. The van der Waals surface area contributed by atoms with E-state index in [0.29, 0.717) is 16.7 Å². The molecule has 0 heterocycles. The predicted molar refractivity (Wildman–Crippen MR) is 108 cm³/mol. The third-order valence-electron chi connectivity index (χ3n) is 4.66. The second-order valence-electron chi connectivity index (χ2n) is 6.62. The van der Waals surface area contributed by atoms with Crippen molar-refractivity contribution in [2.75, 3.05) is 7.11 Å². The SMILES string of the molecule is COc1ccc(-c2cc(F)c(C#Cc3ccc4cc(F)ccc4c3)c(F)c2)c(F)c1. The average molecular weight is 406 g/mol. The number of halogens is 4. The van der Waals surface area contributed by atoms with E-state index in [-0.39, 0.29) is 16.9 Å². The summed E-state index contributed by atoms with van der Waals surface area (Å²) in [5.41, 5.74) is 0.225. The van der Waals surface area contributed by atoms with Crippen molar-refractivity contribution in [2.24, 2.45) is 0 Å². The molecule has 0 saturated heterocycles. The molecule has 0 radical (unpaired) electrons. The van der Waals surface area contributed by atoms with Crippen LogP contribution in [0.15, 0.2) is 66.7 Å². The maximum atomic E-state index is 14.5. The zero-order valence-electron chi connectivity index (χ0n) is 15.8. The molecule has 0 fully saturated rings. The highest BCUT2D eigenvalue weighted by Crippen LogP contribution is 2.29. The Labute approximate surface area is 170 Å². The summed E-state index contributed by atoms with van der Waals surface area (Å²) in [7, 11) is 1.40. The van der Waals surface area contributed by atoms with Gasteiger partial charge < -0.3 is 4.74 Å². The van der Waals surface area contributed by atoms with Crippen molar-refractivity contribution in [2.45, 2.75) is 0 Å². The van der Waals surface area contributed by atoms with E-state index in [2.05, 4.69) is 11.8 Å². The molecule has 5 heteroatoms. The van der Waals surface area contributed by atoms with Gasteiger partial charge in [0.15, 0.2) is 0 Å². The van der Waals surface area contributed by atoms with Crippen LogP contribution in [-0.2, 0) is 0 Å². The van der Waals surface area contributed by atoms with E-state index in [0.717, 1.165) is 23.6 Å². The Morgan fingerprint density at radius 2 is 1.37 bits per heavy atom. The van der Waals surface area contributed by atoms with Gasteiger partial charge in [0.05, 0.1) is 12.7 Å². The summed E-state index contributed by atoms with van der Waals surface area (Å²) >= 11 is 0. The predicted octanol–water partition coefficient (Wildman–Crippen LogP) is 6.47. The number of ether oxygens (including phenoxy) is 1. The van der Waals surface area contributed by atoms with Gasteiger partial charge >= 0.3 is 0 Å². The molecule has 0 saturated carbocycles. The Morgan fingerprint density at radius 1 is 0.667 bits per heavy atom. The van der Waals surface area contributed by atoms with Crippen LogP contribution in [0.25, 0.3) is 21.9 Å². The number of methoxy groups -OCH3 is 1. The third-order valence-corrected chi connectivity index (χ3v) is 4.66. The van der Waals surface area contributed by atoms with E-state index >= 15 is 0 Å². The lowest BCUT2D eigenvalue weighted by Gasteiger charge is -2.08. The Balaban J connectivity index is 1.69. The highest BCUT2D eigenvalue weighted by molar-refractivity contribution is 5.84. The average Bonchev–Trinajstić information content (AvgIpc) is 2.72. The molecular formula is C25H14F4O. The van der Waals surface area contributed by atoms with Gasteiger partial charge in [-0.1, -0.05) is 24.0 Å². The number of hydrogen-bond acceptors (Lipinski definition) is 1. The molecular weight excluding hydrogens is 392 g/mol. The van der Waals surface area contributed by atoms with E-state index in [1.54, 1.807) is 24.3 Å². The van der Waals surface area contributed by atoms with Crippen LogP contribution < -0.4 is 4.74 Å². The first kappa shape index (κ1) is 19.5. The van der Waals surface area contributed by atoms with Gasteiger partial charge in [0.2, 0.25) is 0 Å². The number of rotatable bonds is 2. The standard InChI is InChI=1S/C25H14F4O/c1-30-20-7-9-21(25(29)14-20)18-12-23(27)22(24(28)13-18)8-3-15-2-4-17-11-19(26)6-5-16(17)10-15/h2,4-7,9-14H,1H3. The van der Waals surface area contributed by atoms with Crippen LogP contribution in [0.5, 0.6) is 5.75 Å². The van der Waals surface area contributed by atoms with Crippen LogP contribution >= 0.6 is 0 Å². The fraction of sp³-hybridized carbons (Fsp3) is 0.0400. The Morgan fingerprint density at radius 3 is 2.07 bits per heavy atom. The van der Waals surface area contributed by atoms with Crippen molar-refractivity contribution < 1.29 is 22.3 Å². The summed E-state index contributed by atoms with van der Waals surface area (Å²) in [5, 5.41) is 1.46. The molecule has 0 N–H and O–H groups in total. The van der Waals surface area contributed by atoms with Crippen molar-refractivity contribution in [3.8, 4) is 28.7 Å². The molecule has 0 aliphatic carbocycles. The van der Waals surface area contributed by atoms with Crippen molar-refractivity contribution >= 4 is 10.8 Å². The minimum absolute atomic E-state index is 0.0508. The summed E-state index contributed by atoms with van der Waals surface area (Å²) in [5.74, 6) is 2.73. The second kappa shape index (κ2) is 7.92. The largest absolute Gasteiger partial charge is 0.497 e. The van der Waals surface area contributed by atoms with Crippen LogP contribution in [0, 0.1) is 35.1 Å². The molecule has 0 aliphatic heterocycles. The van der Waals surface area contributed by atoms with Gasteiger partial charge in [-0.05, 0) is 64.9 Å². The lowest BCUT2D eigenvalue weighted by atomic mass is 10.0. The van der Waals surface area contributed by atoms with E-state index in [9.17, 15) is 17.6 Å². The minimum atomic E-state index is -0.893. The fourth-order valence-corrected chi connectivity index (χ4v) is 3.13. The molecule has 0 spiro atoms. The first-order valence-corrected chi connectivity index (χ1v) is 8.99. The maximum absolute atomic E-state index is 14.5. The molecule has 0 unspecified atom stereocenters. The second-order valence-corrected chi connectivity index (χ2v) is 6.62. The summed E-state index contributed by atoms with van der Waals surface area (Å²) in [6, 6.07) is 15.5. The highest BCUT2D eigenvalue weighted by Gasteiger charge is 2.14. The molecule has 148 valence electrons. The van der Waals surface area contributed by atoms with Crippen LogP contribution in [0.2, 0.25) is 0 Å². The number of hydrogen-bond donors (Lipinski definition) is 0. The molecule has 1 nitrogen and oxygen atoms in total. The monoisotopic (exact) mass is 406 g/mol. The molecule has 0 aliphatic rings. The zero-order chi connectivity index (χ0) is 21.3. The molecule has 0 aromatic heterocycles. The van der Waals surface area contributed by atoms with Gasteiger partial charge in [-0.2, -0.15) is 0 Å². The van der Waals surface area contributed by atoms with Crippen LogP contribution in [-0.4, -0.2) is 7.11 Å². The summed E-state index contributed by atoms with van der Waals surface area (Å²) < 4.78 is 61.5. The van der Waals surface area contributed by atoms with Crippen LogP contribution in [0.1, 0.15) is 11.1 Å².